The minimum atomic E-state index is 0.681. The Morgan fingerprint density at radius 2 is 2.00 bits per heavy atom. The Morgan fingerprint density at radius 3 is 2.81 bits per heavy atom. The molecule has 0 spiro atoms. The maximum absolute atomic E-state index is 3.22. The molecule has 0 amide bonds. The molecule has 1 unspecified atom stereocenters. The van der Waals surface area contributed by atoms with Crippen LogP contribution in [-0.2, 0) is 19.4 Å². The largest absolute Gasteiger partial charge is 0.296 e. The molecule has 0 saturated carbocycles. The Hall–Kier alpha value is -1.60. The van der Waals surface area contributed by atoms with Gasteiger partial charge in [-0.2, -0.15) is 0 Å². The highest BCUT2D eigenvalue weighted by Gasteiger charge is 2.23. The lowest BCUT2D eigenvalue weighted by Crippen LogP contribution is -2.39. The second-order valence-electron chi connectivity index (χ2n) is 6.05. The van der Waals surface area contributed by atoms with Gasteiger partial charge in [-0.25, -0.2) is 0 Å². The minimum Gasteiger partial charge on any atom is -0.296 e. The zero-order valence-corrected chi connectivity index (χ0v) is 12.9. The molecular weight excluding hydrogens is 254 g/mol. The molecule has 3 rings (SSSR count). The molecule has 1 heteroatoms. The molecular formula is C20H24N. The fourth-order valence-electron chi connectivity index (χ4n) is 3.41. The normalized spacial score (nSPS) is 17.7. The standard InChI is InChI=1S/C20H24N/c1-2-14-21(16-17-8-4-3-5-9-17)20-13-12-18-10-6-7-11-19(18)15-20/h3-5,7-11,20H,2,12-16H2,1H3. The van der Waals surface area contributed by atoms with Crippen molar-refractivity contribution in [3.63, 3.8) is 0 Å². The van der Waals surface area contributed by atoms with Crippen LogP contribution in [0.25, 0.3) is 0 Å². The van der Waals surface area contributed by atoms with Gasteiger partial charge in [-0.1, -0.05) is 55.5 Å². The molecule has 2 aromatic rings. The van der Waals surface area contributed by atoms with Crippen molar-refractivity contribution >= 4 is 0 Å². The Morgan fingerprint density at radius 1 is 1.14 bits per heavy atom. The first-order valence-corrected chi connectivity index (χ1v) is 8.12. The van der Waals surface area contributed by atoms with Crippen LogP contribution in [0.2, 0.25) is 0 Å². The van der Waals surface area contributed by atoms with Gasteiger partial charge in [0.05, 0.1) is 0 Å². The molecule has 0 aromatic heterocycles. The summed E-state index contributed by atoms with van der Waals surface area (Å²) in [5, 5.41) is 0. The van der Waals surface area contributed by atoms with Gasteiger partial charge in [-0.05, 0) is 55.0 Å². The number of benzene rings is 2. The zero-order chi connectivity index (χ0) is 14.5. The van der Waals surface area contributed by atoms with Crippen molar-refractivity contribution in [2.45, 2.75) is 45.2 Å². The summed E-state index contributed by atoms with van der Waals surface area (Å²) in [4.78, 5) is 2.68. The van der Waals surface area contributed by atoms with Crippen molar-refractivity contribution in [3.05, 3.63) is 71.3 Å². The van der Waals surface area contributed by atoms with Gasteiger partial charge >= 0.3 is 0 Å². The van der Waals surface area contributed by atoms with Crippen molar-refractivity contribution in [2.24, 2.45) is 0 Å². The summed E-state index contributed by atoms with van der Waals surface area (Å²) in [6.45, 7) is 4.55. The van der Waals surface area contributed by atoms with E-state index in [2.05, 4.69) is 66.4 Å². The van der Waals surface area contributed by atoms with Crippen LogP contribution < -0.4 is 0 Å². The van der Waals surface area contributed by atoms with Gasteiger partial charge in [0.15, 0.2) is 0 Å². The molecule has 0 aliphatic heterocycles. The van der Waals surface area contributed by atoms with Crippen molar-refractivity contribution in [3.8, 4) is 0 Å². The number of hydrogen-bond acceptors (Lipinski definition) is 1. The highest BCUT2D eigenvalue weighted by Crippen LogP contribution is 2.25. The van der Waals surface area contributed by atoms with Crippen molar-refractivity contribution < 1.29 is 0 Å². The van der Waals surface area contributed by atoms with Crippen molar-refractivity contribution in [1.29, 1.82) is 0 Å². The van der Waals surface area contributed by atoms with Crippen LogP contribution in [0.15, 0.2) is 48.5 Å². The molecule has 109 valence electrons. The number of hydrogen-bond donors (Lipinski definition) is 0. The topological polar surface area (TPSA) is 3.24 Å². The molecule has 2 aromatic carbocycles. The molecule has 1 nitrogen and oxygen atoms in total. The predicted octanol–water partition coefficient (Wildman–Crippen LogP) is 4.26. The molecule has 1 atom stereocenters. The Bertz CT molecular complexity index is 561. The van der Waals surface area contributed by atoms with Crippen LogP contribution in [0, 0.1) is 6.07 Å². The quantitative estimate of drug-likeness (QED) is 0.790. The van der Waals surface area contributed by atoms with Crippen LogP contribution >= 0.6 is 0 Å². The molecule has 0 saturated heterocycles. The third kappa shape index (κ3) is 3.54. The van der Waals surface area contributed by atoms with Gasteiger partial charge in [0, 0.05) is 12.6 Å². The molecule has 0 N–H and O–H groups in total. The highest BCUT2D eigenvalue weighted by atomic mass is 15.1. The Balaban J connectivity index is 1.73. The summed E-state index contributed by atoms with van der Waals surface area (Å²) in [7, 11) is 0. The Kier molecular flexibility index (Phi) is 4.72. The molecule has 0 bridgehead atoms. The first kappa shape index (κ1) is 14.3. The van der Waals surface area contributed by atoms with Gasteiger partial charge < -0.3 is 0 Å². The van der Waals surface area contributed by atoms with Crippen molar-refractivity contribution in [1.82, 2.24) is 4.90 Å². The third-order valence-corrected chi connectivity index (χ3v) is 4.51. The van der Waals surface area contributed by atoms with Crippen molar-refractivity contribution in [2.75, 3.05) is 6.54 Å². The third-order valence-electron chi connectivity index (χ3n) is 4.51. The fraction of sp³-hybridized carbons (Fsp3) is 0.400. The van der Waals surface area contributed by atoms with E-state index in [9.17, 15) is 0 Å². The SMILES string of the molecule is CCCN(Cc1ccccc1)C1CCc2c[c]ccc2C1. The zero-order valence-electron chi connectivity index (χ0n) is 12.9. The number of fused-ring (bicyclic) bond motifs is 1. The van der Waals surface area contributed by atoms with E-state index in [-0.39, 0.29) is 0 Å². The minimum absolute atomic E-state index is 0.681. The second-order valence-corrected chi connectivity index (χ2v) is 6.05. The van der Waals surface area contributed by atoms with Crippen LogP contribution in [0.1, 0.15) is 36.5 Å². The second kappa shape index (κ2) is 6.91. The average Bonchev–Trinajstić information content (AvgIpc) is 2.55. The lowest BCUT2D eigenvalue weighted by Gasteiger charge is -2.35. The molecule has 0 heterocycles. The van der Waals surface area contributed by atoms with Crippen LogP contribution in [0.4, 0.5) is 0 Å². The molecule has 21 heavy (non-hydrogen) atoms. The van der Waals surface area contributed by atoms with Gasteiger partial charge in [-0.3, -0.25) is 4.90 Å². The van der Waals surface area contributed by atoms with Gasteiger partial charge in [-0.15, -0.1) is 0 Å². The van der Waals surface area contributed by atoms with Gasteiger partial charge in [0.2, 0.25) is 0 Å². The smallest absolute Gasteiger partial charge is 0.0236 e. The summed E-state index contributed by atoms with van der Waals surface area (Å²) in [6.07, 6.45) is 4.89. The van der Waals surface area contributed by atoms with E-state index in [1.165, 1.54) is 48.9 Å². The monoisotopic (exact) mass is 278 g/mol. The summed E-state index contributed by atoms with van der Waals surface area (Å²) in [5.41, 5.74) is 4.46. The van der Waals surface area contributed by atoms with E-state index in [0.29, 0.717) is 6.04 Å². The van der Waals surface area contributed by atoms with Gasteiger partial charge in [0.1, 0.15) is 0 Å². The maximum Gasteiger partial charge on any atom is 0.0236 e. The first-order valence-electron chi connectivity index (χ1n) is 8.12. The fourth-order valence-corrected chi connectivity index (χ4v) is 3.41. The van der Waals surface area contributed by atoms with E-state index in [1.807, 2.05) is 0 Å². The maximum atomic E-state index is 3.22. The van der Waals surface area contributed by atoms with E-state index < -0.39 is 0 Å². The van der Waals surface area contributed by atoms with E-state index in [0.717, 1.165) is 6.54 Å². The average molecular weight is 278 g/mol. The van der Waals surface area contributed by atoms with E-state index >= 15 is 0 Å². The van der Waals surface area contributed by atoms with E-state index in [4.69, 9.17) is 0 Å². The van der Waals surface area contributed by atoms with Crippen LogP contribution in [0.5, 0.6) is 0 Å². The highest BCUT2D eigenvalue weighted by molar-refractivity contribution is 5.30. The summed E-state index contributed by atoms with van der Waals surface area (Å²) < 4.78 is 0. The van der Waals surface area contributed by atoms with Crippen LogP contribution in [0.3, 0.4) is 0 Å². The summed E-state index contributed by atoms with van der Waals surface area (Å²) in [5.74, 6) is 0. The number of rotatable bonds is 5. The molecule has 1 aliphatic rings. The van der Waals surface area contributed by atoms with E-state index in [1.54, 1.807) is 0 Å². The summed E-state index contributed by atoms with van der Waals surface area (Å²) >= 11 is 0. The lowest BCUT2D eigenvalue weighted by atomic mass is 9.87. The summed E-state index contributed by atoms with van der Waals surface area (Å²) in [6, 6.07) is 21.3. The molecule has 0 fully saturated rings. The van der Waals surface area contributed by atoms with Gasteiger partial charge in [0.25, 0.3) is 0 Å². The predicted molar refractivity (Wildman–Crippen MR) is 88.2 cm³/mol. The molecule has 1 aliphatic carbocycles. The number of aryl methyl sites for hydroxylation is 1. The first-order chi connectivity index (χ1) is 10.4. The molecule has 1 radical (unpaired) electrons. The number of nitrogens with zero attached hydrogens (tertiary/aromatic N) is 1. The van der Waals surface area contributed by atoms with Crippen LogP contribution in [-0.4, -0.2) is 17.5 Å². The lowest BCUT2D eigenvalue weighted by molar-refractivity contribution is 0.171. The Labute approximate surface area is 128 Å².